The summed E-state index contributed by atoms with van der Waals surface area (Å²) in [6, 6.07) is 0. The van der Waals surface area contributed by atoms with Crippen LogP contribution in [0.25, 0.3) is 30.8 Å². The first kappa shape index (κ1) is 146. The molecule has 0 unspecified atom stereocenters. The van der Waals surface area contributed by atoms with Gasteiger partial charge >= 0.3 is 16.8 Å². The van der Waals surface area contributed by atoms with Gasteiger partial charge in [0.05, 0.1) is 0 Å². The number of carbonyl (C=O) groups excluding carboxylic acids is 1. The standard InChI is InChI=1S/CH2O3.Co.HI.5H2N.H2O/c2-1(3)4;;;;;;;;/h(H2,2,3,4);;1H;6*1H2/q;+3;;5*-1;/p-3. The zero-order valence-corrected chi connectivity index (χ0v) is 9.02. The third-order valence-corrected chi connectivity index (χ3v) is 0. The Balaban J connectivity index is -0.00000000161. The van der Waals surface area contributed by atoms with Crippen molar-refractivity contribution in [3.8, 4) is 0 Å². The Kier molecular flexibility index (Phi) is 1350. The minimum absolute atomic E-state index is 0. The topological polar surface area (TPSA) is 262 Å². The molecule has 0 aliphatic rings. The van der Waals surface area contributed by atoms with E-state index < -0.39 is 6.16 Å². The van der Waals surface area contributed by atoms with Crippen LogP contribution in [-0.2, 0) is 16.8 Å². The van der Waals surface area contributed by atoms with Gasteiger partial charge in [-0.15, -0.1) is 0 Å². The molecule has 9 nitrogen and oxygen atoms in total. The van der Waals surface area contributed by atoms with Crippen LogP contribution in [0.2, 0.25) is 0 Å². The first-order valence-electron chi connectivity index (χ1n) is 0.612. The van der Waals surface area contributed by atoms with Gasteiger partial charge in [-0.3, -0.25) is 0 Å². The van der Waals surface area contributed by atoms with E-state index in [0.717, 1.165) is 0 Å². The molecule has 0 aromatic heterocycles. The quantitative estimate of drug-likeness (QED) is 0.425. The van der Waals surface area contributed by atoms with Crippen LogP contribution in [0.3, 0.4) is 0 Å². The zero-order valence-electron chi connectivity index (χ0n) is 5.82. The number of halogens is 1. The van der Waals surface area contributed by atoms with Gasteiger partial charge in [0.25, 0.3) is 0 Å². The van der Waals surface area contributed by atoms with Crippen LogP contribution in [0.1, 0.15) is 0 Å². The molecule has 0 radical (unpaired) electrons. The summed E-state index contributed by atoms with van der Waals surface area (Å²) >= 11 is 0. The number of carbonyl (C=O) groups is 1. The third kappa shape index (κ3) is 12400. The largest absolute Gasteiger partial charge is 3.00 e. The van der Waals surface area contributed by atoms with Crippen molar-refractivity contribution >= 4 is 6.16 Å². The second-order valence-corrected chi connectivity index (χ2v) is 0.250. The number of hydrogen-bond acceptors (Lipinski definition) is 3. The van der Waals surface area contributed by atoms with Crippen molar-refractivity contribution in [3.05, 3.63) is 30.8 Å². The summed E-state index contributed by atoms with van der Waals surface area (Å²) in [5.41, 5.74) is 0. The fourth-order valence-corrected chi connectivity index (χ4v) is 0. The summed E-state index contributed by atoms with van der Waals surface area (Å²) in [6.07, 6.45) is -2.33. The molecule has 0 bridgehead atoms. The Labute approximate surface area is 98.1 Å². The normalized spacial score (nSPS) is 2.00. The van der Waals surface area contributed by atoms with Gasteiger partial charge in [0, 0.05) is 0 Å². The van der Waals surface area contributed by atoms with E-state index in [1.54, 1.807) is 0 Å². The molecule has 11 heteroatoms. The summed E-state index contributed by atoms with van der Waals surface area (Å²) in [4.78, 5) is 8.33. The van der Waals surface area contributed by atoms with E-state index in [0.29, 0.717) is 0 Å². The minimum Gasteiger partial charge on any atom is -1.00 e. The molecule has 0 saturated carbocycles. The predicted molar refractivity (Wildman–Crippen MR) is 35.4 cm³/mol. The molecule has 0 rings (SSSR count). The maximum absolute atomic E-state index is 8.33. The molecule has 0 aliphatic heterocycles. The summed E-state index contributed by atoms with van der Waals surface area (Å²) < 4.78 is 0. The molecular formula is CH12CoIN5O4-5. The molecule has 0 atom stereocenters. The van der Waals surface area contributed by atoms with E-state index in [1.165, 1.54) is 0 Å². The van der Waals surface area contributed by atoms with E-state index in [4.69, 9.17) is 15.0 Å². The number of nitrogens with two attached hydrogens (primary N) is 5. The predicted octanol–water partition coefficient (Wildman–Crippen LogP) is -2.68. The molecule has 12 heavy (non-hydrogen) atoms. The van der Waals surface area contributed by atoms with Crippen molar-refractivity contribution in [2.75, 3.05) is 0 Å². The van der Waals surface area contributed by atoms with Crippen molar-refractivity contribution < 1.29 is 61.2 Å². The van der Waals surface area contributed by atoms with Gasteiger partial charge in [-0.25, -0.2) is 0 Å². The second kappa shape index (κ2) is 111. The average Bonchev–Trinajstić information content (AvgIpc) is 0.811. The van der Waals surface area contributed by atoms with Crippen LogP contribution in [0.15, 0.2) is 0 Å². The summed E-state index contributed by atoms with van der Waals surface area (Å²) in [7, 11) is 0. The van der Waals surface area contributed by atoms with Gasteiger partial charge in [-0.1, -0.05) is 0 Å². The summed E-state index contributed by atoms with van der Waals surface area (Å²) in [5, 5.41) is 16.7. The molecule has 0 aromatic carbocycles. The third-order valence-electron chi connectivity index (χ3n) is 0. The number of carboxylic acid groups (broad SMARTS) is 2. The van der Waals surface area contributed by atoms with Crippen LogP contribution in [-0.4, -0.2) is 11.6 Å². The molecule has 12 N–H and O–H groups in total. The number of rotatable bonds is 0. The van der Waals surface area contributed by atoms with Gasteiger partial charge in [0.1, 0.15) is 0 Å². The second-order valence-electron chi connectivity index (χ2n) is 0.250. The maximum atomic E-state index is 8.33. The minimum atomic E-state index is -2.33. The van der Waals surface area contributed by atoms with E-state index >= 15 is 0 Å². The number of hydrogen-bond donors (Lipinski definition) is 0. The van der Waals surface area contributed by atoms with E-state index in [9.17, 15) is 0 Å². The molecule has 86 valence electrons. The van der Waals surface area contributed by atoms with Crippen molar-refractivity contribution in [3.63, 3.8) is 0 Å². The van der Waals surface area contributed by atoms with Gasteiger partial charge in [0.2, 0.25) is 0 Å². The molecule has 0 saturated heterocycles. The molecular weight excluding hydrogens is 332 g/mol. The monoisotopic (exact) mass is 344 g/mol. The Morgan fingerprint density at radius 2 is 0.833 bits per heavy atom. The molecule has 0 spiro atoms. The fraction of sp³-hybridized carbons (Fsp3) is 0. The fourth-order valence-electron chi connectivity index (χ4n) is 0. The Hall–Kier alpha value is 0.266. The first-order valence-corrected chi connectivity index (χ1v) is 0.612. The molecule has 0 amide bonds. The Morgan fingerprint density at radius 3 is 0.833 bits per heavy atom. The van der Waals surface area contributed by atoms with E-state index in [1.807, 2.05) is 0 Å². The summed E-state index contributed by atoms with van der Waals surface area (Å²) in [6.45, 7) is 0. The Bertz CT molecular complexity index is 46.4. The van der Waals surface area contributed by atoms with Crippen LogP contribution < -0.4 is 34.2 Å². The SMILES string of the molecule is O.O=C([O-])[O-].[Co+3].[I-].[NH2-].[NH2-].[NH2-].[NH2-].[NH2-]. The van der Waals surface area contributed by atoms with Crippen LogP contribution in [0.4, 0.5) is 4.79 Å². The maximum Gasteiger partial charge on any atom is 3.00 e. The van der Waals surface area contributed by atoms with Gasteiger partial charge in [-0.05, 0) is 6.16 Å². The first-order chi connectivity index (χ1) is 1.73. The van der Waals surface area contributed by atoms with E-state index in [-0.39, 0.29) is 77.0 Å². The smallest absolute Gasteiger partial charge is 1.00 e. The van der Waals surface area contributed by atoms with Crippen LogP contribution in [0.5, 0.6) is 0 Å². The molecule has 0 aliphatic carbocycles. The average molecular weight is 344 g/mol. The zero-order chi connectivity index (χ0) is 3.58. The van der Waals surface area contributed by atoms with Gasteiger partial charge in [0.15, 0.2) is 0 Å². The molecule has 0 heterocycles. The molecule has 0 fully saturated rings. The van der Waals surface area contributed by atoms with Gasteiger partial charge in [-0.2, -0.15) is 0 Å². The van der Waals surface area contributed by atoms with Crippen molar-refractivity contribution in [2.24, 2.45) is 0 Å². The molecule has 0 aromatic rings. The van der Waals surface area contributed by atoms with Crippen molar-refractivity contribution in [1.82, 2.24) is 0 Å². The Morgan fingerprint density at radius 1 is 0.833 bits per heavy atom. The van der Waals surface area contributed by atoms with Crippen molar-refractivity contribution in [1.29, 1.82) is 0 Å². The van der Waals surface area contributed by atoms with Crippen LogP contribution in [0, 0.1) is 0 Å². The van der Waals surface area contributed by atoms with Crippen LogP contribution >= 0.6 is 0 Å². The van der Waals surface area contributed by atoms with E-state index in [2.05, 4.69) is 0 Å². The summed E-state index contributed by atoms with van der Waals surface area (Å²) in [5.74, 6) is 0. The van der Waals surface area contributed by atoms with Crippen molar-refractivity contribution in [2.45, 2.75) is 0 Å². The van der Waals surface area contributed by atoms with Gasteiger partial charge < -0.3 is 75.2 Å².